The number of nitrogens with two attached hydrogens (primary N) is 4. The van der Waals surface area contributed by atoms with Crippen molar-refractivity contribution in [2.75, 3.05) is 19.6 Å². The molecule has 0 spiro atoms. The zero-order valence-electron chi connectivity index (χ0n) is 22.1. The molecule has 3 amide bonds. The molecule has 0 saturated heterocycles. The molecule has 0 saturated carbocycles. The number of carbonyl (C=O) groups is 4. The van der Waals surface area contributed by atoms with E-state index < -0.39 is 47.9 Å². The van der Waals surface area contributed by atoms with E-state index in [1.807, 2.05) is 0 Å². The van der Waals surface area contributed by atoms with Crippen molar-refractivity contribution in [1.29, 1.82) is 16.2 Å². The molecule has 0 aromatic rings. The van der Waals surface area contributed by atoms with E-state index in [0.717, 1.165) is 0 Å². The molecule has 0 aliphatic carbocycles. The van der Waals surface area contributed by atoms with Gasteiger partial charge in [0, 0.05) is 19.6 Å². The van der Waals surface area contributed by atoms with Crippen LogP contribution in [0.3, 0.4) is 0 Å². The maximum Gasteiger partial charge on any atom is 0.326 e. The Morgan fingerprint density at radius 2 is 1.08 bits per heavy atom. The van der Waals surface area contributed by atoms with Crippen molar-refractivity contribution < 1.29 is 24.3 Å². The molecular formula is C21H43N13O5. The normalized spacial score (nSPS) is 13.5. The number of hydrogen-bond donors (Lipinski definition) is 14. The predicted octanol–water partition coefficient (Wildman–Crippen LogP) is -4.34. The van der Waals surface area contributed by atoms with Gasteiger partial charge in [-0.3, -0.25) is 30.6 Å². The molecule has 4 atom stereocenters. The molecule has 0 aromatic heterocycles. The Morgan fingerprint density at radius 1 is 0.667 bits per heavy atom. The Labute approximate surface area is 226 Å². The Balaban J connectivity index is 5.09. The number of guanidine groups is 3. The molecule has 0 radical (unpaired) electrons. The lowest BCUT2D eigenvalue weighted by Gasteiger charge is -2.24. The van der Waals surface area contributed by atoms with E-state index >= 15 is 0 Å². The van der Waals surface area contributed by atoms with Crippen LogP contribution in [0.2, 0.25) is 0 Å². The fourth-order valence-electron chi connectivity index (χ4n) is 3.22. The lowest BCUT2D eigenvalue weighted by atomic mass is 10.1. The molecule has 0 heterocycles. The van der Waals surface area contributed by atoms with Gasteiger partial charge in [-0.2, -0.15) is 0 Å². The second-order valence-corrected chi connectivity index (χ2v) is 8.75. The average molecular weight is 558 g/mol. The first-order valence-corrected chi connectivity index (χ1v) is 12.4. The first-order valence-electron chi connectivity index (χ1n) is 12.4. The van der Waals surface area contributed by atoms with E-state index in [4.69, 9.17) is 39.2 Å². The number of nitrogens with one attached hydrogen (secondary N) is 9. The van der Waals surface area contributed by atoms with Crippen molar-refractivity contribution in [2.24, 2.45) is 22.9 Å². The number of amides is 3. The quantitative estimate of drug-likeness (QED) is 0.0407. The van der Waals surface area contributed by atoms with Gasteiger partial charge in [-0.25, -0.2) is 4.79 Å². The number of carboxylic acids is 1. The summed E-state index contributed by atoms with van der Waals surface area (Å²) in [6.07, 6.45) is 1.54. The Morgan fingerprint density at radius 3 is 1.51 bits per heavy atom. The molecule has 0 rings (SSSR count). The summed E-state index contributed by atoms with van der Waals surface area (Å²) in [6.45, 7) is 2.21. The molecular weight excluding hydrogens is 514 g/mol. The first kappa shape index (κ1) is 34.6. The molecule has 39 heavy (non-hydrogen) atoms. The van der Waals surface area contributed by atoms with Crippen molar-refractivity contribution in [3.05, 3.63) is 0 Å². The number of rotatable bonds is 19. The summed E-state index contributed by atoms with van der Waals surface area (Å²) in [4.78, 5) is 49.6. The minimum absolute atomic E-state index is 0.0592. The van der Waals surface area contributed by atoms with Crippen LogP contribution in [0, 0.1) is 16.2 Å². The highest BCUT2D eigenvalue weighted by Gasteiger charge is 2.28. The highest BCUT2D eigenvalue weighted by Crippen LogP contribution is 2.03. The molecule has 0 aromatic carbocycles. The maximum atomic E-state index is 12.9. The van der Waals surface area contributed by atoms with Crippen LogP contribution < -0.4 is 54.8 Å². The van der Waals surface area contributed by atoms with Crippen LogP contribution in [0.4, 0.5) is 0 Å². The lowest BCUT2D eigenvalue weighted by molar-refractivity contribution is -0.142. The summed E-state index contributed by atoms with van der Waals surface area (Å²) in [6, 6.07) is -4.38. The third kappa shape index (κ3) is 16.9. The SMILES string of the molecule is C[C@@H](NC(=O)[C@@H](CCCNC(=N)N)NC(=O)[C@@H](N)CCCNC(=N)N)C(=O)N[C@H](CCCNC(=N)N)C(=O)O. The molecule has 0 aliphatic heterocycles. The standard InChI is InChI=1S/C21H43N13O5/c1-11(15(35)34-14(18(38)39)7-4-10-31-21(27)28)32-17(37)13(6-3-9-30-20(25)26)33-16(36)12(22)5-2-8-29-19(23)24/h11-14H,2-10,22H2,1H3,(H,32,37)(H,33,36)(H,34,35)(H,38,39)(H4,23,24,29)(H4,25,26,30)(H4,27,28,31)/t11-,12+,13-,14-/m1/s1. The van der Waals surface area contributed by atoms with E-state index in [0.29, 0.717) is 25.8 Å². The van der Waals surface area contributed by atoms with E-state index in [9.17, 15) is 24.3 Å². The topological polar surface area (TPSA) is 336 Å². The van der Waals surface area contributed by atoms with Gasteiger partial charge in [0.15, 0.2) is 17.9 Å². The summed E-state index contributed by atoms with van der Waals surface area (Å²) in [5.41, 5.74) is 21.6. The van der Waals surface area contributed by atoms with Gasteiger partial charge in [-0.1, -0.05) is 0 Å². The van der Waals surface area contributed by atoms with Crippen molar-refractivity contribution in [2.45, 2.75) is 69.6 Å². The van der Waals surface area contributed by atoms with Gasteiger partial charge in [0.25, 0.3) is 0 Å². The Kier molecular flexibility index (Phi) is 16.7. The molecule has 0 aliphatic rings. The fraction of sp³-hybridized carbons (Fsp3) is 0.667. The zero-order valence-corrected chi connectivity index (χ0v) is 22.1. The van der Waals surface area contributed by atoms with Gasteiger partial charge in [-0.05, 0) is 45.4 Å². The van der Waals surface area contributed by atoms with Crippen LogP contribution >= 0.6 is 0 Å². The lowest BCUT2D eigenvalue weighted by Crippen LogP contribution is -2.56. The van der Waals surface area contributed by atoms with Crippen molar-refractivity contribution in [3.63, 3.8) is 0 Å². The van der Waals surface area contributed by atoms with Gasteiger partial charge in [0.2, 0.25) is 17.7 Å². The minimum atomic E-state index is -1.26. The second kappa shape index (κ2) is 18.8. The van der Waals surface area contributed by atoms with Crippen LogP contribution in [-0.4, -0.2) is 90.5 Å². The number of hydrogen-bond acceptors (Lipinski definition) is 8. The summed E-state index contributed by atoms with van der Waals surface area (Å²) in [5, 5.41) is 46.0. The maximum absolute atomic E-state index is 12.9. The third-order valence-electron chi connectivity index (χ3n) is 5.31. The molecule has 222 valence electrons. The van der Waals surface area contributed by atoms with Crippen molar-refractivity contribution >= 4 is 41.6 Å². The van der Waals surface area contributed by atoms with Crippen LogP contribution in [-0.2, 0) is 19.2 Å². The largest absolute Gasteiger partial charge is 0.480 e. The van der Waals surface area contributed by atoms with Gasteiger partial charge >= 0.3 is 5.97 Å². The van der Waals surface area contributed by atoms with Crippen LogP contribution in [0.25, 0.3) is 0 Å². The summed E-state index contributed by atoms with van der Waals surface area (Å²) in [7, 11) is 0. The second-order valence-electron chi connectivity index (χ2n) is 8.75. The van der Waals surface area contributed by atoms with E-state index in [2.05, 4.69) is 31.9 Å². The Bertz CT molecular complexity index is 869. The zero-order chi connectivity index (χ0) is 30.0. The highest BCUT2D eigenvalue weighted by molar-refractivity contribution is 5.93. The number of aliphatic carboxylic acids is 1. The van der Waals surface area contributed by atoms with E-state index in [1.165, 1.54) is 6.92 Å². The summed E-state index contributed by atoms with van der Waals surface area (Å²) >= 11 is 0. The average Bonchev–Trinajstić information content (AvgIpc) is 2.84. The van der Waals surface area contributed by atoms with Crippen LogP contribution in [0.1, 0.15) is 45.4 Å². The number of carboxylic acid groups (broad SMARTS) is 1. The van der Waals surface area contributed by atoms with Crippen molar-refractivity contribution in [1.82, 2.24) is 31.9 Å². The highest BCUT2D eigenvalue weighted by atomic mass is 16.4. The summed E-state index contributed by atoms with van der Waals surface area (Å²) in [5.74, 6) is -4.00. The van der Waals surface area contributed by atoms with Crippen LogP contribution in [0.5, 0.6) is 0 Å². The van der Waals surface area contributed by atoms with Crippen molar-refractivity contribution in [3.8, 4) is 0 Å². The predicted molar refractivity (Wildman–Crippen MR) is 145 cm³/mol. The van der Waals surface area contributed by atoms with Gasteiger partial charge in [0.1, 0.15) is 18.1 Å². The van der Waals surface area contributed by atoms with E-state index in [1.54, 1.807) is 0 Å². The van der Waals surface area contributed by atoms with Gasteiger partial charge in [0.05, 0.1) is 6.04 Å². The molecule has 18 nitrogen and oxygen atoms in total. The molecule has 0 bridgehead atoms. The monoisotopic (exact) mass is 557 g/mol. The summed E-state index contributed by atoms with van der Waals surface area (Å²) < 4.78 is 0. The fourth-order valence-corrected chi connectivity index (χ4v) is 3.22. The molecule has 0 fully saturated rings. The van der Waals surface area contributed by atoms with Gasteiger partial charge in [-0.15, -0.1) is 0 Å². The third-order valence-corrected chi connectivity index (χ3v) is 5.31. The smallest absolute Gasteiger partial charge is 0.326 e. The number of carbonyl (C=O) groups excluding carboxylic acids is 3. The van der Waals surface area contributed by atoms with Gasteiger partial charge < -0.3 is 59.9 Å². The minimum Gasteiger partial charge on any atom is -0.480 e. The van der Waals surface area contributed by atoms with E-state index in [-0.39, 0.29) is 50.2 Å². The Hall–Kier alpha value is -4.35. The first-order chi connectivity index (χ1) is 18.2. The van der Waals surface area contributed by atoms with Crippen LogP contribution in [0.15, 0.2) is 0 Å². The molecule has 0 unspecified atom stereocenters. The molecule has 18 heteroatoms. The molecule has 18 N–H and O–H groups in total.